The largest absolute Gasteiger partial charge is 0.445 e. The van der Waals surface area contributed by atoms with Gasteiger partial charge in [0.25, 0.3) is 0 Å². The van der Waals surface area contributed by atoms with E-state index in [-0.39, 0.29) is 31.8 Å². The molecule has 1 fully saturated rings. The smallest absolute Gasteiger partial charge is 0.416 e. The maximum absolute atomic E-state index is 12.8. The zero-order valence-corrected chi connectivity index (χ0v) is 14.4. The van der Waals surface area contributed by atoms with Crippen molar-refractivity contribution in [3.63, 3.8) is 0 Å². The van der Waals surface area contributed by atoms with Gasteiger partial charge >= 0.3 is 12.3 Å². The molecule has 2 aromatic rings. The summed E-state index contributed by atoms with van der Waals surface area (Å²) in [4.78, 5) is 25.8. The summed E-state index contributed by atoms with van der Waals surface area (Å²) in [5.41, 5.74) is 0.532. The average Bonchev–Trinajstić information content (AvgIpc) is 2.66. The number of carbonyl (C=O) groups excluding carboxylic acids is 2. The first-order valence-corrected chi connectivity index (χ1v) is 8.51. The van der Waals surface area contributed by atoms with Gasteiger partial charge in [0.1, 0.15) is 12.4 Å². The van der Waals surface area contributed by atoms with Crippen LogP contribution in [0.2, 0.25) is 0 Å². The third-order valence-electron chi connectivity index (χ3n) is 4.49. The summed E-state index contributed by atoms with van der Waals surface area (Å²) >= 11 is 0. The van der Waals surface area contributed by atoms with Crippen molar-refractivity contribution in [2.24, 2.45) is 0 Å². The number of benzene rings is 2. The lowest BCUT2D eigenvalue weighted by Crippen LogP contribution is -2.41. The molecule has 2 aromatic carbocycles. The molecule has 142 valence electrons. The van der Waals surface area contributed by atoms with E-state index in [1.54, 1.807) is 0 Å². The highest BCUT2D eigenvalue weighted by molar-refractivity contribution is 5.82. The molecule has 1 unspecified atom stereocenters. The highest BCUT2D eigenvalue weighted by Crippen LogP contribution is 2.33. The van der Waals surface area contributed by atoms with Crippen molar-refractivity contribution in [1.29, 1.82) is 0 Å². The predicted octanol–water partition coefficient (Wildman–Crippen LogP) is 4.75. The fourth-order valence-electron chi connectivity index (χ4n) is 3.04. The molecule has 1 amide bonds. The number of ether oxygens (including phenoxy) is 1. The van der Waals surface area contributed by atoms with Crippen LogP contribution in [0.5, 0.6) is 0 Å². The van der Waals surface area contributed by atoms with Gasteiger partial charge < -0.3 is 9.64 Å². The van der Waals surface area contributed by atoms with Gasteiger partial charge in [-0.05, 0) is 23.3 Å². The van der Waals surface area contributed by atoms with Gasteiger partial charge in [0.2, 0.25) is 0 Å². The minimum atomic E-state index is -4.44. The number of amides is 1. The van der Waals surface area contributed by atoms with E-state index >= 15 is 0 Å². The Morgan fingerprint density at radius 2 is 1.74 bits per heavy atom. The van der Waals surface area contributed by atoms with Gasteiger partial charge in [-0.15, -0.1) is 0 Å². The highest BCUT2D eigenvalue weighted by atomic mass is 19.4. The van der Waals surface area contributed by atoms with Gasteiger partial charge in [0.05, 0.1) is 11.6 Å². The van der Waals surface area contributed by atoms with E-state index in [4.69, 9.17) is 4.74 Å². The van der Waals surface area contributed by atoms with Crippen LogP contribution in [0.1, 0.15) is 35.6 Å². The van der Waals surface area contributed by atoms with E-state index < -0.39 is 23.9 Å². The van der Waals surface area contributed by atoms with E-state index in [2.05, 4.69) is 0 Å². The van der Waals surface area contributed by atoms with Crippen LogP contribution in [-0.4, -0.2) is 23.3 Å². The van der Waals surface area contributed by atoms with Gasteiger partial charge in [-0.3, -0.25) is 4.79 Å². The van der Waals surface area contributed by atoms with Crippen LogP contribution in [0.25, 0.3) is 0 Å². The van der Waals surface area contributed by atoms with Gasteiger partial charge in [0, 0.05) is 19.4 Å². The Morgan fingerprint density at radius 1 is 1.07 bits per heavy atom. The third kappa shape index (κ3) is 4.67. The quantitative estimate of drug-likeness (QED) is 0.776. The second kappa shape index (κ2) is 7.82. The molecule has 3 rings (SSSR count). The minimum absolute atomic E-state index is 0.0352. The summed E-state index contributed by atoms with van der Waals surface area (Å²) in [5, 5.41) is 0. The van der Waals surface area contributed by atoms with Gasteiger partial charge in [-0.1, -0.05) is 42.5 Å². The predicted molar refractivity (Wildman–Crippen MR) is 91.8 cm³/mol. The Bertz CT molecular complexity index is 803. The topological polar surface area (TPSA) is 46.6 Å². The Morgan fingerprint density at radius 3 is 2.37 bits per heavy atom. The number of nitrogens with zero attached hydrogens (tertiary/aromatic N) is 1. The molecule has 1 heterocycles. The van der Waals surface area contributed by atoms with Crippen LogP contribution in [0, 0.1) is 0 Å². The fourth-order valence-corrected chi connectivity index (χ4v) is 3.04. The van der Waals surface area contributed by atoms with E-state index in [1.807, 2.05) is 30.3 Å². The van der Waals surface area contributed by atoms with Gasteiger partial charge in [0.15, 0.2) is 0 Å². The van der Waals surface area contributed by atoms with Crippen LogP contribution in [0.4, 0.5) is 18.0 Å². The van der Waals surface area contributed by atoms with Crippen molar-refractivity contribution in [3.05, 3.63) is 71.3 Å². The molecule has 7 heteroatoms. The lowest BCUT2D eigenvalue weighted by Gasteiger charge is -2.34. The zero-order chi connectivity index (χ0) is 19.4. The van der Waals surface area contributed by atoms with Crippen molar-refractivity contribution in [1.82, 2.24) is 4.90 Å². The summed E-state index contributed by atoms with van der Waals surface area (Å²) in [6, 6.07) is 13.1. The maximum Gasteiger partial charge on any atom is 0.416 e. The van der Waals surface area contributed by atoms with Crippen molar-refractivity contribution in [2.75, 3.05) is 6.54 Å². The number of carbonyl (C=O) groups is 2. The van der Waals surface area contributed by atoms with E-state index in [1.165, 1.54) is 17.0 Å². The zero-order valence-electron chi connectivity index (χ0n) is 14.4. The summed E-state index contributed by atoms with van der Waals surface area (Å²) < 4.78 is 43.6. The molecule has 0 spiro atoms. The van der Waals surface area contributed by atoms with E-state index in [0.717, 1.165) is 17.7 Å². The number of ketones is 1. The number of hydrogen-bond acceptors (Lipinski definition) is 3. The molecule has 0 radical (unpaired) electrons. The van der Waals surface area contributed by atoms with E-state index in [9.17, 15) is 22.8 Å². The number of likely N-dealkylation sites (tertiary alicyclic amines) is 1. The second-order valence-electron chi connectivity index (χ2n) is 6.36. The van der Waals surface area contributed by atoms with Crippen LogP contribution in [0.3, 0.4) is 0 Å². The summed E-state index contributed by atoms with van der Waals surface area (Å²) in [6.07, 6.45) is -4.75. The lowest BCUT2D eigenvalue weighted by molar-refractivity contribution is -0.137. The van der Waals surface area contributed by atoms with Crippen molar-refractivity contribution in [2.45, 2.75) is 31.7 Å². The molecule has 1 saturated heterocycles. The van der Waals surface area contributed by atoms with Crippen molar-refractivity contribution in [3.8, 4) is 0 Å². The molecular weight excluding hydrogens is 359 g/mol. The van der Waals surface area contributed by atoms with Crippen LogP contribution in [-0.2, 0) is 22.3 Å². The Labute approximate surface area is 154 Å². The molecule has 4 nitrogen and oxygen atoms in total. The molecule has 0 aliphatic carbocycles. The number of rotatable bonds is 3. The number of halogens is 3. The molecular formula is C20H18F3NO3. The van der Waals surface area contributed by atoms with Crippen molar-refractivity contribution < 1.29 is 27.5 Å². The number of alkyl halides is 3. The summed E-state index contributed by atoms with van der Waals surface area (Å²) in [6.45, 7) is 0.266. The number of hydrogen-bond donors (Lipinski definition) is 0. The van der Waals surface area contributed by atoms with E-state index in [0.29, 0.717) is 5.56 Å². The highest BCUT2D eigenvalue weighted by Gasteiger charge is 2.34. The van der Waals surface area contributed by atoms with Crippen LogP contribution < -0.4 is 0 Å². The summed E-state index contributed by atoms with van der Waals surface area (Å²) in [5.74, 6) is -0.0352. The number of Topliss-reactive ketones (excluding diaryl/α,β-unsaturated/α-hetero) is 1. The van der Waals surface area contributed by atoms with Gasteiger partial charge in [-0.2, -0.15) is 13.2 Å². The minimum Gasteiger partial charge on any atom is -0.445 e. The average molecular weight is 377 g/mol. The molecule has 1 aliphatic rings. The number of piperidine rings is 1. The molecule has 0 N–H and O–H groups in total. The third-order valence-corrected chi connectivity index (χ3v) is 4.49. The first kappa shape index (κ1) is 18.9. The first-order valence-electron chi connectivity index (χ1n) is 8.51. The normalized spacial score (nSPS) is 17.7. The fraction of sp³-hybridized carbons (Fsp3) is 0.300. The Hall–Kier alpha value is -2.83. The molecule has 0 aromatic heterocycles. The first-order chi connectivity index (χ1) is 12.8. The van der Waals surface area contributed by atoms with Crippen LogP contribution in [0.15, 0.2) is 54.6 Å². The Balaban J connectivity index is 1.74. The standard InChI is InChI=1S/C20H18F3NO3/c21-20(22,23)16-8-6-15(7-9-16)18-12-17(25)10-11-24(18)19(26)27-13-14-4-2-1-3-5-14/h1-9,18H,10-13H2. The lowest BCUT2D eigenvalue weighted by atomic mass is 9.94. The van der Waals surface area contributed by atoms with Crippen LogP contribution >= 0.6 is 0 Å². The maximum atomic E-state index is 12.8. The Kier molecular flexibility index (Phi) is 5.48. The summed E-state index contributed by atoms with van der Waals surface area (Å²) in [7, 11) is 0. The molecule has 27 heavy (non-hydrogen) atoms. The monoisotopic (exact) mass is 377 g/mol. The second-order valence-corrected chi connectivity index (χ2v) is 6.36. The van der Waals surface area contributed by atoms with Gasteiger partial charge in [-0.25, -0.2) is 4.79 Å². The van der Waals surface area contributed by atoms with Crippen molar-refractivity contribution >= 4 is 11.9 Å². The molecule has 0 bridgehead atoms. The SMILES string of the molecule is O=C1CCN(C(=O)OCc2ccccc2)C(c2ccc(C(F)(F)F)cc2)C1. The molecule has 0 saturated carbocycles. The molecule has 1 atom stereocenters. The molecule has 1 aliphatic heterocycles.